The first-order valence-corrected chi connectivity index (χ1v) is 11.4. The summed E-state index contributed by atoms with van der Waals surface area (Å²) in [7, 11) is -0.573. The number of hydrogen-bond acceptors (Lipinski definition) is 4. The van der Waals surface area contributed by atoms with Crippen molar-refractivity contribution in [2.24, 2.45) is 0 Å². The highest BCUT2D eigenvalue weighted by Gasteiger charge is 2.27. The van der Waals surface area contributed by atoms with Crippen LogP contribution in [-0.4, -0.2) is 28.5 Å². The number of hydrogen-bond donors (Lipinski definition) is 2. The van der Waals surface area contributed by atoms with Crippen LogP contribution in [0.3, 0.4) is 0 Å². The molecule has 1 aliphatic heterocycles. The molecule has 0 unspecified atom stereocenters. The third-order valence-corrected chi connectivity index (χ3v) is 6.69. The molecule has 160 valence electrons. The van der Waals surface area contributed by atoms with Crippen LogP contribution in [0, 0.1) is 0 Å². The topological polar surface area (TPSA) is 84.5 Å². The number of methoxy groups -OCH3 is 1. The van der Waals surface area contributed by atoms with Crippen molar-refractivity contribution < 1.29 is 17.9 Å². The third-order valence-electron chi connectivity index (χ3n) is 5.28. The Hall–Kier alpha value is -2.64. The zero-order valence-corrected chi connectivity index (χ0v) is 19.0. The largest absolute Gasteiger partial charge is 0.496 e. The minimum Gasteiger partial charge on any atom is -0.496 e. The van der Waals surface area contributed by atoms with E-state index >= 15 is 0 Å². The van der Waals surface area contributed by atoms with E-state index in [1.165, 1.54) is 19.2 Å². The molecule has 2 N–H and O–H groups in total. The number of anilines is 1. The highest BCUT2D eigenvalue weighted by molar-refractivity contribution is 7.89. The second-order valence-electron chi connectivity index (χ2n) is 7.97. The minimum atomic E-state index is -3.61. The van der Waals surface area contributed by atoms with Crippen LogP contribution in [0.5, 0.6) is 5.75 Å². The van der Waals surface area contributed by atoms with Crippen LogP contribution >= 0.6 is 0 Å². The molecule has 0 aromatic heterocycles. The highest BCUT2D eigenvalue weighted by Crippen LogP contribution is 2.39. The smallest absolute Gasteiger partial charge is 0.256 e. The Balaban J connectivity index is 2.19. The number of fused-ring (bicyclic) bond motifs is 1. The summed E-state index contributed by atoms with van der Waals surface area (Å²) in [5.41, 5.74) is 4.63. The minimum absolute atomic E-state index is 0.117. The fraction of sp³-hybridized carbons (Fsp3) is 0.348. The summed E-state index contributed by atoms with van der Waals surface area (Å²) < 4.78 is 32.4. The van der Waals surface area contributed by atoms with Gasteiger partial charge in [0.25, 0.3) is 5.91 Å². The van der Waals surface area contributed by atoms with Crippen LogP contribution in [0.15, 0.2) is 35.2 Å². The molecule has 0 spiro atoms. The molecule has 0 fully saturated rings. The monoisotopic (exact) mass is 428 g/mol. The van der Waals surface area contributed by atoms with Crippen LogP contribution in [-0.2, 0) is 14.8 Å². The molecule has 2 aromatic carbocycles. The lowest BCUT2D eigenvalue weighted by Gasteiger charge is -2.19. The second-order valence-corrected chi connectivity index (χ2v) is 9.86. The van der Waals surface area contributed by atoms with Crippen molar-refractivity contribution in [2.45, 2.75) is 44.4 Å². The quantitative estimate of drug-likeness (QED) is 0.670. The fourth-order valence-electron chi connectivity index (χ4n) is 3.64. The predicted molar refractivity (Wildman–Crippen MR) is 120 cm³/mol. The highest BCUT2D eigenvalue weighted by atomic mass is 32.2. The van der Waals surface area contributed by atoms with Gasteiger partial charge in [0, 0.05) is 16.8 Å². The third kappa shape index (κ3) is 4.00. The van der Waals surface area contributed by atoms with Crippen molar-refractivity contribution in [3.05, 3.63) is 52.6 Å². The number of ether oxygens (including phenoxy) is 1. The number of sulfonamides is 1. The first kappa shape index (κ1) is 22.1. The van der Waals surface area contributed by atoms with Gasteiger partial charge in [-0.15, -0.1) is 0 Å². The van der Waals surface area contributed by atoms with Crippen molar-refractivity contribution in [3.8, 4) is 5.75 Å². The van der Waals surface area contributed by atoms with E-state index in [1.54, 1.807) is 13.2 Å². The summed E-state index contributed by atoms with van der Waals surface area (Å²) >= 11 is 0. The Morgan fingerprint density at radius 3 is 2.13 bits per heavy atom. The lowest BCUT2D eigenvalue weighted by atomic mass is 9.90. The molecule has 6 nitrogen and oxygen atoms in total. The van der Waals surface area contributed by atoms with Crippen molar-refractivity contribution in [3.63, 3.8) is 0 Å². The van der Waals surface area contributed by atoms with Gasteiger partial charge in [-0.2, -0.15) is 0 Å². The molecule has 1 amide bonds. The molecule has 30 heavy (non-hydrogen) atoms. The van der Waals surface area contributed by atoms with Gasteiger partial charge in [-0.1, -0.05) is 27.7 Å². The molecule has 3 rings (SSSR count). The summed E-state index contributed by atoms with van der Waals surface area (Å²) in [6, 6.07) is 8.69. The summed E-state index contributed by atoms with van der Waals surface area (Å²) in [6.07, 6.45) is 1.81. The molecule has 0 aliphatic carbocycles. The molecular weight excluding hydrogens is 400 g/mol. The average Bonchev–Trinajstić information content (AvgIpc) is 3.01. The van der Waals surface area contributed by atoms with E-state index in [9.17, 15) is 13.2 Å². The van der Waals surface area contributed by atoms with Crippen molar-refractivity contribution in [1.29, 1.82) is 0 Å². The standard InChI is InChI=1S/C23H28N2O4S/c1-13(2)17-9-15(10-18(14(3)4)22(17)29-6)11-20-19-12-16(30(27,28)24-5)7-8-21(19)25-23(20)26/h7-14,24H,1-6H3,(H,25,26). The van der Waals surface area contributed by atoms with E-state index in [0.29, 0.717) is 16.8 Å². The molecule has 2 aromatic rings. The van der Waals surface area contributed by atoms with E-state index in [0.717, 1.165) is 22.4 Å². The van der Waals surface area contributed by atoms with Gasteiger partial charge in [0.1, 0.15) is 5.75 Å². The number of amides is 1. The van der Waals surface area contributed by atoms with Gasteiger partial charge in [-0.25, -0.2) is 13.1 Å². The average molecular weight is 429 g/mol. The fourth-order valence-corrected chi connectivity index (χ4v) is 4.39. The summed E-state index contributed by atoms with van der Waals surface area (Å²) in [6.45, 7) is 8.41. The Bertz CT molecular complexity index is 1100. The maximum absolute atomic E-state index is 12.7. The molecule has 0 bridgehead atoms. The SMILES string of the molecule is CNS(=O)(=O)c1ccc2c(c1)C(=Cc1cc(C(C)C)c(OC)c(C(C)C)c1)C(=O)N2. The molecular formula is C23H28N2O4S. The normalized spacial score (nSPS) is 15.1. The van der Waals surface area contributed by atoms with Crippen LogP contribution < -0.4 is 14.8 Å². The zero-order chi connectivity index (χ0) is 22.2. The summed E-state index contributed by atoms with van der Waals surface area (Å²) in [5, 5.41) is 2.81. The lowest BCUT2D eigenvalue weighted by Crippen LogP contribution is -2.18. The van der Waals surface area contributed by atoms with Gasteiger partial charge in [-0.05, 0) is 72.0 Å². The van der Waals surface area contributed by atoms with Gasteiger partial charge in [0.15, 0.2) is 0 Å². The van der Waals surface area contributed by atoms with Crippen LogP contribution in [0.1, 0.15) is 61.8 Å². The Labute approximate surface area is 178 Å². The van der Waals surface area contributed by atoms with E-state index in [1.807, 2.05) is 18.2 Å². The zero-order valence-electron chi connectivity index (χ0n) is 18.2. The van der Waals surface area contributed by atoms with Crippen LogP contribution in [0.4, 0.5) is 5.69 Å². The Kier molecular flexibility index (Phi) is 6.06. The summed E-state index contributed by atoms with van der Waals surface area (Å²) in [5.74, 6) is 1.11. The number of rotatable bonds is 6. The molecule has 0 atom stereocenters. The molecule has 0 saturated carbocycles. The van der Waals surface area contributed by atoms with Gasteiger partial charge < -0.3 is 10.1 Å². The van der Waals surface area contributed by atoms with Crippen LogP contribution in [0.25, 0.3) is 11.6 Å². The first-order chi connectivity index (χ1) is 14.1. The predicted octanol–water partition coefficient (Wildman–Crippen LogP) is 4.34. The van der Waals surface area contributed by atoms with Crippen molar-refractivity contribution >= 4 is 33.3 Å². The molecule has 1 heterocycles. The van der Waals surface area contributed by atoms with Crippen LogP contribution in [0.2, 0.25) is 0 Å². The number of carbonyl (C=O) groups excluding carboxylic acids is 1. The van der Waals surface area contributed by atoms with E-state index < -0.39 is 10.0 Å². The second kappa shape index (κ2) is 8.24. The van der Waals surface area contributed by atoms with Crippen molar-refractivity contribution in [2.75, 3.05) is 19.5 Å². The van der Waals surface area contributed by atoms with E-state index in [4.69, 9.17) is 4.74 Å². The molecule has 1 aliphatic rings. The van der Waals surface area contributed by atoms with Gasteiger partial charge in [-0.3, -0.25) is 4.79 Å². The Morgan fingerprint density at radius 1 is 1.03 bits per heavy atom. The van der Waals surface area contributed by atoms with E-state index in [2.05, 4.69) is 37.7 Å². The first-order valence-electron chi connectivity index (χ1n) is 9.91. The Morgan fingerprint density at radius 2 is 1.63 bits per heavy atom. The molecule has 7 heteroatoms. The maximum Gasteiger partial charge on any atom is 0.256 e. The van der Waals surface area contributed by atoms with E-state index in [-0.39, 0.29) is 22.6 Å². The summed E-state index contributed by atoms with van der Waals surface area (Å²) in [4.78, 5) is 12.8. The molecule has 0 radical (unpaired) electrons. The number of benzene rings is 2. The van der Waals surface area contributed by atoms with Gasteiger partial charge in [0.2, 0.25) is 10.0 Å². The lowest BCUT2D eigenvalue weighted by molar-refractivity contribution is -0.110. The molecule has 0 saturated heterocycles. The number of nitrogens with one attached hydrogen (secondary N) is 2. The van der Waals surface area contributed by atoms with Gasteiger partial charge >= 0.3 is 0 Å². The maximum atomic E-state index is 12.7. The number of carbonyl (C=O) groups is 1. The van der Waals surface area contributed by atoms with Gasteiger partial charge in [0.05, 0.1) is 12.0 Å². The van der Waals surface area contributed by atoms with Crippen molar-refractivity contribution in [1.82, 2.24) is 4.72 Å².